The molecule has 0 aromatic heterocycles. The fraction of sp³-hybridized carbons (Fsp3) is 0.812. The zero-order valence-electron chi connectivity index (χ0n) is 16.1. The van der Waals surface area contributed by atoms with E-state index in [0.717, 1.165) is 0 Å². The van der Waals surface area contributed by atoms with Crippen LogP contribution in [-0.2, 0) is 28.8 Å². The van der Waals surface area contributed by atoms with Crippen LogP contribution in [0.15, 0.2) is 10.1 Å². The lowest BCUT2D eigenvalue weighted by atomic mass is 10.3. The van der Waals surface area contributed by atoms with Crippen LogP contribution in [0.25, 0.3) is 0 Å². The third-order valence-electron chi connectivity index (χ3n) is 3.81. The molecule has 1 heterocycles. The van der Waals surface area contributed by atoms with E-state index in [2.05, 4.69) is 15.4 Å². The molecule has 1 saturated heterocycles. The Labute approximate surface area is 166 Å². The Morgan fingerprint density at radius 3 is 2.25 bits per heavy atom. The molecule has 11 nitrogen and oxygen atoms in total. The van der Waals surface area contributed by atoms with Crippen molar-refractivity contribution in [2.24, 2.45) is 15.9 Å². The quantitative estimate of drug-likeness (QED) is 0.0948. The molecule has 0 aromatic carbocycles. The van der Waals surface area contributed by atoms with Crippen molar-refractivity contribution in [1.29, 1.82) is 0 Å². The second kappa shape index (κ2) is 15.3. The largest absolute Gasteiger partial charge is 0.377 e. The highest BCUT2D eigenvalue weighted by Crippen LogP contribution is 2.03. The number of nitrogens with one attached hydrogen (secondary N) is 1. The van der Waals surface area contributed by atoms with E-state index >= 15 is 0 Å². The van der Waals surface area contributed by atoms with Gasteiger partial charge in [-0.1, -0.05) is 0 Å². The van der Waals surface area contributed by atoms with E-state index in [0.29, 0.717) is 84.5 Å². The monoisotopic (exact) mass is 421 g/mol. The van der Waals surface area contributed by atoms with Crippen LogP contribution in [0, 0.1) is 0 Å². The summed E-state index contributed by atoms with van der Waals surface area (Å²) < 4.78 is 38.8. The van der Waals surface area contributed by atoms with Crippen molar-refractivity contribution in [3.05, 3.63) is 0 Å². The Kier molecular flexibility index (Phi) is 13.4. The molecule has 1 amide bonds. The third-order valence-corrected chi connectivity index (χ3v) is 5.42. The Hall–Kier alpha value is -1.60. The van der Waals surface area contributed by atoms with Crippen molar-refractivity contribution in [3.63, 3.8) is 0 Å². The van der Waals surface area contributed by atoms with Gasteiger partial charge in [-0.15, -0.1) is 0 Å². The Bertz CT molecular complexity index is 570. The van der Waals surface area contributed by atoms with Gasteiger partial charge in [-0.2, -0.15) is 5.10 Å². The van der Waals surface area contributed by atoms with Gasteiger partial charge in [0.1, 0.15) is 0 Å². The van der Waals surface area contributed by atoms with E-state index in [1.54, 1.807) is 6.21 Å². The van der Waals surface area contributed by atoms with E-state index in [-0.39, 0.29) is 11.5 Å². The van der Waals surface area contributed by atoms with Crippen LogP contribution < -0.4 is 11.2 Å². The Balaban J connectivity index is 1.97. The first-order chi connectivity index (χ1) is 13.6. The number of carbonyl (C=O) groups is 1. The molecule has 1 fully saturated rings. The van der Waals surface area contributed by atoms with Crippen LogP contribution in [0.2, 0.25) is 0 Å². The summed E-state index contributed by atoms with van der Waals surface area (Å²) in [6, 6.07) is 0. The molecule has 0 spiro atoms. The minimum absolute atomic E-state index is 0.168. The van der Waals surface area contributed by atoms with Crippen molar-refractivity contribution in [3.8, 4) is 0 Å². The molecule has 3 N–H and O–H groups in total. The minimum Gasteiger partial charge on any atom is -0.377 e. The predicted octanol–water partition coefficient (Wildman–Crippen LogP) is -2.10. The lowest BCUT2D eigenvalue weighted by Gasteiger charge is -2.25. The number of sulfone groups is 1. The van der Waals surface area contributed by atoms with Gasteiger partial charge >= 0.3 is 0 Å². The summed E-state index contributed by atoms with van der Waals surface area (Å²) in [5.41, 5.74) is 0.603. The van der Waals surface area contributed by atoms with Crippen molar-refractivity contribution < 1.29 is 27.4 Å². The smallest absolute Gasteiger partial charge is 0.207 e. The normalized spacial score (nSPS) is 17.8. The van der Waals surface area contributed by atoms with Gasteiger partial charge in [0.15, 0.2) is 9.84 Å². The molecule has 0 atom stereocenters. The van der Waals surface area contributed by atoms with Crippen molar-refractivity contribution in [1.82, 2.24) is 10.2 Å². The van der Waals surface area contributed by atoms with E-state index in [9.17, 15) is 13.2 Å². The topological polar surface area (TPSA) is 145 Å². The second-order valence-electron chi connectivity index (χ2n) is 5.99. The summed E-state index contributed by atoms with van der Waals surface area (Å²) in [4.78, 5) is 16.2. The molecule has 0 aromatic rings. The summed E-state index contributed by atoms with van der Waals surface area (Å²) >= 11 is 0. The fourth-order valence-electron chi connectivity index (χ4n) is 2.27. The number of amides is 1. The summed E-state index contributed by atoms with van der Waals surface area (Å²) in [7, 11) is -2.89. The van der Waals surface area contributed by atoms with Gasteiger partial charge in [-0.3, -0.25) is 14.7 Å². The highest BCUT2D eigenvalue weighted by atomic mass is 32.2. The fourth-order valence-corrected chi connectivity index (χ4v) is 3.55. The highest BCUT2D eigenvalue weighted by Gasteiger charge is 2.21. The number of aliphatic imine (C=N–C) groups is 1. The maximum absolute atomic E-state index is 11.4. The maximum Gasteiger partial charge on any atom is 0.207 e. The molecular formula is C16H31N5O6S. The highest BCUT2D eigenvalue weighted by molar-refractivity contribution is 7.91. The van der Waals surface area contributed by atoms with Gasteiger partial charge in [0.2, 0.25) is 6.41 Å². The predicted molar refractivity (Wildman–Crippen MR) is 107 cm³/mol. The number of ether oxygens (including phenoxy) is 3. The maximum atomic E-state index is 11.4. The third kappa shape index (κ3) is 12.7. The molecule has 1 aliphatic rings. The molecule has 162 valence electrons. The Morgan fingerprint density at radius 2 is 1.64 bits per heavy atom. The van der Waals surface area contributed by atoms with Crippen molar-refractivity contribution in [2.45, 2.75) is 0 Å². The lowest BCUT2D eigenvalue weighted by molar-refractivity contribution is -0.109. The molecule has 1 rings (SSSR count). The molecular weight excluding hydrogens is 390 g/mol. The minimum atomic E-state index is -2.89. The lowest BCUT2D eigenvalue weighted by Crippen LogP contribution is -2.43. The van der Waals surface area contributed by atoms with Gasteiger partial charge < -0.3 is 25.4 Å². The standard InChI is InChI=1S/C16H31N5O6S/c17-20-16(14-21-3-11-28(23,24)12-4-21)13-18-1-5-25-7-9-27-10-8-26-6-2-19-15-22/h13,15H,1-12,14,17H2,(H,19,22)/b18-13?,20-16+. The van der Waals surface area contributed by atoms with Gasteiger partial charge in [0, 0.05) is 32.4 Å². The van der Waals surface area contributed by atoms with Crippen LogP contribution in [-0.4, -0.2) is 116 Å². The molecule has 0 aliphatic carbocycles. The first-order valence-electron chi connectivity index (χ1n) is 9.17. The van der Waals surface area contributed by atoms with Crippen molar-refractivity contribution >= 4 is 28.2 Å². The van der Waals surface area contributed by atoms with Gasteiger partial charge in [0.05, 0.1) is 63.4 Å². The molecule has 0 unspecified atom stereocenters. The summed E-state index contributed by atoms with van der Waals surface area (Å²) in [6.45, 7) is 5.19. The molecule has 0 saturated carbocycles. The van der Waals surface area contributed by atoms with E-state index < -0.39 is 9.84 Å². The number of nitrogens with two attached hydrogens (primary N) is 1. The number of hydrogen-bond acceptors (Lipinski definition) is 10. The number of hydrazone groups is 1. The van der Waals surface area contributed by atoms with Gasteiger partial charge in [-0.05, 0) is 0 Å². The van der Waals surface area contributed by atoms with Gasteiger partial charge in [-0.25, -0.2) is 8.42 Å². The summed E-state index contributed by atoms with van der Waals surface area (Å²) in [5, 5.41) is 6.20. The molecule has 1 aliphatic heterocycles. The van der Waals surface area contributed by atoms with Gasteiger partial charge in [0.25, 0.3) is 0 Å². The Morgan fingerprint density at radius 1 is 1.04 bits per heavy atom. The van der Waals surface area contributed by atoms with Crippen molar-refractivity contribution in [2.75, 3.05) is 83.9 Å². The van der Waals surface area contributed by atoms with Crippen LogP contribution in [0.4, 0.5) is 0 Å². The average Bonchev–Trinajstić information content (AvgIpc) is 2.68. The van der Waals surface area contributed by atoms with Crippen LogP contribution in [0.1, 0.15) is 0 Å². The zero-order valence-corrected chi connectivity index (χ0v) is 16.9. The van der Waals surface area contributed by atoms with E-state index in [4.69, 9.17) is 20.1 Å². The zero-order chi connectivity index (χ0) is 20.5. The number of carbonyl (C=O) groups excluding carboxylic acids is 1. The molecule has 0 radical (unpaired) electrons. The summed E-state index contributed by atoms with van der Waals surface area (Å²) in [5.74, 6) is 5.71. The number of hydrogen-bond donors (Lipinski definition) is 2. The molecule has 0 bridgehead atoms. The van der Waals surface area contributed by atoms with E-state index in [1.807, 2.05) is 4.90 Å². The SMILES string of the molecule is N/N=C(\C=NCCOCCOCCOCCNC=O)CN1CCS(=O)(=O)CC1. The average molecular weight is 422 g/mol. The van der Waals surface area contributed by atoms with Crippen LogP contribution in [0.5, 0.6) is 0 Å². The molecule has 12 heteroatoms. The summed E-state index contributed by atoms with van der Waals surface area (Å²) in [6.07, 6.45) is 2.23. The molecule has 28 heavy (non-hydrogen) atoms. The number of nitrogens with zero attached hydrogens (tertiary/aromatic N) is 3. The van der Waals surface area contributed by atoms with Crippen LogP contribution in [0.3, 0.4) is 0 Å². The first kappa shape index (κ1) is 24.4. The van der Waals surface area contributed by atoms with E-state index in [1.165, 1.54) is 0 Å². The van der Waals surface area contributed by atoms with Crippen LogP contribution >= 0.6 is 0 Å². The number of rotatable bonds is 16. The first-order valence-corrected chi connectivity index (χ1v) is 11.0. The second-order valence-corrected chi connectivity index (χ2v) is 8.30.